The molecule has 4 nitrogen and oxygen atoms in total. The minimum absolute atomic E-state index is 0.0248. The molecule has 0 aliphatic carbocycles. The van der Waals surface area contributed by atoms with Crippen molar-refractivity contribution in [2.24, 2.45) is 4.99 Å². The molecule has 130 valence electrons. The summed E-state index contributed by atoms with van der Waals surface area (Å²) in [5.41, 5.74) is 0.978. The zero-order valence-corrected chi connectivity index (χ0v) is 15.0. The molecule has 0 amide bonds. The quantitative estimate of drug-likeness (QED) is 0.517. The lowest BCUT2D eigenvalue weighted by atomic mass is 10.0. The normalized spacial score (nSPS) is 16.0. The van der Waals surface area contributed by atoms with E-state index >= 15 is 0 Å². The van der Waals surface area contributed by atoms with Crippen molar-refractivity contribution in [3.05, 3.63) is 65.9 Å². The first-order valence-corrected chi connectivity index (χ1v) is 9.39. The topological polar surface area (TPSA) is 58.9 Å². The van der Waals surface area contributed by atoms with Crippen molar-refractivity contribution in [1.29, 1.82) is 0 Å². The van der Waals surface area contributed by atoms with Crippen LogP contribution in [0.5, 0.6) is 0 Å². The van der Waals surface area contributed by atoms with Crippen molar-refractivity contribution in [1.82, 2.24) is 0 Å². The maximum Gasteiger partial charge on any atom is 0.344 e. The monoisotopic (exact) mass is 363 g/mol. The first-order valence-electron chi connectivity index (χ1n) is 8.40. The number of hydrogen-bond donors (Lipinski definition) is 1. The van der Waals surface area contributed by atoms with Crippen LogP contribution in [-0.2, 0) is 9.53 Å². The second-order valence-electron chi connectivity index (χ2n) is 5.92. The van der Waals surface area contributed by atoms with E-state index in [0.717, 1.165) is 27.2 Å². The maximum atomic E-state index is 12.2. The predicted octanol–water partition coefficient (Wildman–Crippen LogP) is 5.15. The highest BCUT2D eigenvalue weighted by atomic mass is 32.2. The SMILES string of the molecule is CCOC(=O)C1=C(O)CSC1=Nc1c2ccccc2cc2ccccc12. The third-order valence-corrected chi connectivity index (χ3v) is 5.27. The largest absolute Gasteiger partial charge is 0.510 e. The lowest BCUT2D eigenvalue weighted by Crippen LogP contribution is -2.12. The number of benzene rings is 3. The van der Waals surface area contributed by atoms with Crippen LogP contribution in [0.15, 0.2) is 70.9 Å². The molecule has 1 aliphatic heterocycles. The molecule has 5 heteroatoms. The number of ether oxygens (including phenoxy) is 1. The number of nitrogens with zero attached hydrogens (tertiary/aromatic N) is 1. The van der Waals surface area contributed by atoms with E-state index in [0.29, 0.717) is 10.8 Å². The number of aliphatic hydroxyl groups is 1. The van der Waals surface area contributed by atoms with Gasteiger partial charge in [-0.1, -0.05) is 60.3 Å². The minimum atomic E-state index is -0.529. The number of rotatable bonds is 3. The highest BCUT2D eigenvalue weighted by Gasteiger charge is 2.29. The van der Waals surface area contributed by atoms with Gasteiger partial charge in [0.05, 0.1) is 18.0 Å². The van der Waals surface area contributed by atoms with E-state index in [9.17, 15) is 9.90 Å². The van der Waals surface area contributed by atoms with Crippen molar-refractivity contribution in [2.75, 3.05) is 12.4 Å². The van der Waals surface area contributed by atoms with Crippen LogP contribution in [0.2, 0.25) is 0 Å². The molecule has 0 aromatic heterocycles. The number of fused-ring (bicyclic) bond motifs is 2. The average molecular weight is 363 g/mol. The number of aliphatic imine (C=N–C) groups is 1. The van der Waals surface area contributed by atoms with Gasteiger partial charge in [-0.3, -0.25) is 0 Å². The lowest BCUT2D eigenvalue weighted by Gasteiger charge is -2.10. The van der Waals surface area contributed by atoms with Gasteiger partial charge >= 0.3 is 5.97 Å². The van der Waals surface area contributed by atoms with Crippen molar-refractivity contribution < 1.29 is 14.6 Å². The van der Waals surface area contributed by atoms with Crippen LogP contribution in [0.3, 0.4) is 0 Å². The Morgan fingerprint density at radius 2 is 1.73 bits per heavy atom. The maximum absolute atomic E-state index is 12.2. The van der Waals surface area contributed by atoms with Gasteiger partial charge in [0.25, 0.3) is 0 Å². The van der Waals surface area contributed by atoms with E-state index in [4.69, 9.17) is 9.73 Å². The Bertz CT molecular complexity index is 1030. The fraction of sp³-hybridized carbons (Fsp3) is 0.143. The molecule has 4 rings (SSSR count). The molecule has 0 saturated carbocycles. The van der Waals surface area contributed by atoms with Gasteiger partial charge in [0.1, 0.15) is 16.4 Å². The Kier molecular flexibility index (Phi) is 4.39. The first kappa shape index (κ1) is 16.7. The zero-order chi connectivity index (χ0) is 18.1. The van der Waals surface area contributed by atoms with Gasteiger partial charge in [-0.15, -0.1) is 0 Å². The summed E-state index contributed by atoms with van der Waals surface area (Å²) in [5.74, 6) is -0.176. The van der Waals surface area contributed by atoms with E-state index in [1.54, 1.807) is 6.92 Å². The minimum Gasteiger partial charge on any atom is -0.510 e. The molecule has 3 aromatic rings. The molecule has 0 spiro atoms. The van der Waals surface area contributed by atoms with E-state index in [-0.39, 0.29) is 17.9 Å². The third kappa shape index (κ3) is 2.84. The van der Waals surface area contributed by atoms with Crippen LogP contribution in [0, 0.1) is 0 Å². The fourth-order valence-corrected chi connectivity index (χ4v) is 4.03. The molecule has 0 saturated heterocycles. The highest BCUT2D eigenvalue weighted by molar-refractivity contribution is 8.15. The molecule has 0 bridgehead atoms. The van der Waals surface area contributed by atoms with Gasteiger partial charge in [0, 0.05) is 10.8 Å². The molecule has 26 heavy (non-hydrogen) atoms. The summed E-state index contributed by atoms with van der Waals surface area (Å²) >= 11 is 1.35. The zero-order valence-electron chi connectivity index (χ0n) is 14.2. The van der Waals surface area contributed by atoms with Crippen molar-refractivity contribution in [3.63, 3.8) is 0 Å². The Labute approximate surface area is 155 Å². The predicted molar refractivity (Wildman–Crippen MR) is 107 cm³/mol. The third-order valence-electron chi connectivity index (χ3n) is 4.28. The van der Waals surface area contributed by atoms with Gasteiger partial charge in [-0.05, 0) is 23.8 Å². The van der Waals surface area contributed by atoms with Crippen LogP contribution in [0.4, 0.5) is 5.69 Å². The number of carbonyl (C=O) groups is 1. The summed E-state index contributed by atoms with van der Waals surface area (Å²) in [6.07, 6.45) is 0. The second kappa shape index (κ2) is 6.84. The summed E-state index contributed by atoms with van der Waals surface area (Å²) in [7, 11) is 0. The van der Waals surface area contributed by atoms with E-state index in [1.807, 2.05) is 48.5 Å². The van der Waals surface area contributed by atoms with Gasteiger partial charge < -0.3 is 9.84 Å². The van der Waals surface area contributed by atoms with E-state index < -0.39 is 5.97 Å². The van der Waals surface area contributed by atoms with Crippen LogP contribution < -0.4 is 0 Å². The van der Waals surface area contributed by atoms with Gasteiger partial charge in [0.2, 0.25) is 0 Å². The molecular weight excluding hydrogens is 346 g/mol. The summed E-state index contributed by atoms with van der Waals surface area (Å²) in [6.45, 7) is 2.00. The van der Waals surface area contributed by atoms with Gasteiger partial charge in [-0.25, -0.2) is 9.79 Å². The number of hydrogen-bond acceptors (Lipinski definition) is 5. The smallest absolute Gasteiger partial charge is 0.344 e. The van der Waals surface area contributed by atoms with Crippen molar-refractivity contribution in [2.45, 2.75) is 6.92 Å². The van der Waals surface area contributed by atoms with Crippen LogP contribution in [0.25, 0.3) is 21.5 Å². The Hall–Kier alpha value is -2.79. The number of esters is 1. The summed E-state index contributed by atoms with van der Waals surface area (Å²) < 4.78 is 5.09. The lowest BCUT2D eigenvalue weighted by molar-refractivity contribution is -0.138. The standard InChI is InChI=1S/C21H17NO3S/c1-2-25-21(24)18-17(23)12-26-20(18)22-19-15-9-5-3-7-13(15)11-14-8-4-6-10-16(14)19/h3-11,23H,2,12H2,1H3. The molecule has 0 unspecified atom stereocenters. The molecule has 1 aliphatic rings. The summed E-state index contributed by atoms with van der Waals surface area (Å²) in [4.78, 5) is 17.1. The molecule has 3 aromatic carbocycles. The van der Waals surface area contributed by atoms with E-state index in [2.05, 4.69) is 6.07 Å². The van der Waals surface area contributed by atoms with Crippen LogP contribution >= 0.6 is 11.8 Å². The van der Waals surface area contributed by atoms with Crippen LogP contribution in [0.1, 0.15) is 6.92 Å². The molecule has 1 heterocycles. The van der Waals surface area contributed by atoms with Crippen molar-refractivity contribution >= 4 is 50.0 Å². The average Bonchev–Trinajstić information content (AvgIpc) is 3.02. The van der Waals surface area contributed by atoms with Gasteiger partial charge in [0.15, 0.2) is 0 Å². The number of aliphatic hydroxyl groups excluding tert-OH is 1. The summed E-state index contributed by atoms with van der Waals surface area (Å²) in [6, 6.07) is 18.2. The molecule has 0 radical (unpaired) electrons. The van der Waals surface area contributed by atoms with Gasteiger partial charge in [-0.2, -0.15) is 0 Å². The van der Waals surface area contributed by atoms with E-state index in [1.165, 1.54) is 11.8 Å². The number of carbonyl (C=O) groups excluding carboxylic acids is 1. The van der Waals surface area contributed by atoms with Crippen LogP contribution in [-0.4, -0.2) is 28.5 Å². The molecule has 0 atom stereocenters. The molecular formula is C21H17NO3S. The Balaban J connectivity index is 1.96. The first-order chi connectivity index (χ1) is 12.7. The Morgan fingerprint density at radius 3 is 2.35 bits per heavy atom. The second-order valence-corrected chi connectivity index (χ2v) is 6.88. The Morgan fingerprint density at radius 1 is 1.12 bits per heavy atom. The van der Waals surface area contributed by atoms with Crippen molar-refractivity contribution in [3.8, 4) is 0 Å². The fourth-order valence-electron chi connectivity index (χ4n) is 3.11. The molecule has 1 N–H and O–H groups in total. The highest BCUT2D eigenvalue weighted by Crippen LogP contribution is 2.38. The molecule has 0 fully saturated rings. The number of thioether (sulfide) groups is 1. The summed E-state index contributed by atoms with van der Waals surface area (Å²) in [5, 5.41) is 14.8.